The van der Waals surface area contributed by atoms with E-state index in [0.717, 1.165) is 32.5 Å². The Labute approximate surface area is 139 Å². The summed E-state index contributed by atoms with van der Waals surface area (Å²) in [6, 6.07) is 7.14. The molecule has 1 unspecified atom stereocenters. The minimum absolute atomic E-state index is 0.165. The first-order chi connectivity index (χ1) is 11.2. The quantitative estimate of drug-likeness (QED) is 0.939. The van der Waals surface area contributed by atoms with E-state index in [4.69, 9.17) is 16.0 Å². The number of fused-ring (bicyclic) bond motifs is 3. The van der Waals surface area contributed by atoms with Crippen molar-refractivity contribution in [2.24, 2.45) is 5.92 Å². The van der Waals surface area contributed by atoms with Crippen LogP contribution in [0.3, 0.4) is 0 Å². The number of nitrogens with one attached hydrogen (secondary N) is 1. The molecule has 1 N–H and O–H groups in total. The predicted octanol–water partition coefficient (Wildman–Crippen LogP) is 2.82. The van der Waals surface area contributed by atoms with E-state index < -0.39 is 0 Å². The van der Waals surface area contributed by atoms with Crippen molar-refractivity contribution in [1.29, 1.82) is 0 Å². The maximum Gasteiger partial charge on any atom is 0.287 e. The highest BCUT2D eigenvalue weighted by atomic mass is 35.5. The SMILES string of the molecule is O=C(NC1CN2CCC1CC2)c1ccc(-c2ncccc2Cl)o1. The van der Waals surface area contributed by atoms with E-state index in [9.17, 15) is 4.79 Å². The van der Waals surface area contributed by atoms with Gasteiger partial charge < -0.3 is 14.6 Å². The fourth-order valence-corrected chi connectivity index (χ4v) is 3.74. The Hall–Kier alpha value is -1.85. The molecule has 3 saturated heterocycles. The summed E-state index contributed by atoms with van der Waals surface area (Å²) >= 11 is 6.12. The summed E-state index contributed by atoms with van der Waals surface area (Å²) in [6.45, 7) is 3.25. The van der Waals surface area contributed by atoms with Crippen molar-refractivity contribution in [3.8, 4) is 11.5 Å². The molecule has 0 radical (unpaired) electrons. The van der Waals surface area contributed by atoms with Crippen LogP contribution >= 0.6 is 11.6 Å². The van der Waals surface area contributed by atoms with Crippen LogP contribution in [0, 0.1) is 5.92 Å². The summed E-state index contributed by atoms with van der Waals surface area (Å²) in [5, 5.41) is 3.62. The Morgan fingerprint density at radius 3 is 2.83 bits per heavy atom. The number of amides is 1. The Morgan fingerprint density at radius 1 is 1.30 bits per heavy atom. The van der Waals surface area contributed by atoms with Gasteiger partial charge in [0, 0.05) is 18.8 Å². The lowest BCUT2D eigenvalue weighted by Gasteiger charge is -2.44. The molecule has 0 spiro atoms. The number of hydrogen-bond acceptors (Lipinski definition) is 4. The molecular weight excluding hydrogens is 314 g/mol. The van der Waals surface area contributed by atoms with Crippen molar-refractivity contribution in [1.82, 2.24) is 15.2 Å². The second-order valence-corrected chi connectivity index (χ2v) is 6.62. The van der Waals surface area contributed by atoms with E-state index in [1.54, 1.807) is 30.5 Å². The van der Waals surface area contributed by atoms with Crippen molar-refractivity contribution in [3.05, 3.63) is 41.2 Å². The summed E-state index contributed by atoms with van der Waals surface area (Å²) in [6.07, 6.45) is 3.98. The van der Waals surface area contributed by atoms with Gasteiger partial charge in [-0.3, -0.25) is 9.78 Å². The first-order valence-corrected chi connectivity index (χ1v) is 8.32. The molecule has 1 atom stereocenters. The van der Waals surface area contributed by atoms with Gasteiger partial charge in [-0.1, -0.05) is 11.6 Å². The molecule has 0 aliphatic carbocycles. The van der Waals surface area contributed by atoms with E-state index in [-0.39, 0.29) is 11.9 Å². The topological polar surface area (TPSA) is 58.4 Å². The van der Waals surface area contributed by atoms with Gasteiger partial charge in [-0.25, -0.2) is 0 Å². The molecule has 3 fully saturated rings. The smallest absolute Gasteiger partial charge is 0.287 e. The largest absolute Gasteiger partial charge is 0.449 e. The zero-order valence-corrected chi connectivity index (χ0v) is 13.4. The van der Waals surface area contributed by atoms with Gasteiger partial charge in [0.15, 0.2) is 11.5 Å². The van der Waals surface area contributed by atoms with E-state index in [2.05, 4.69) is 15.2 Å². The van der Waals surface area contributed by atoms with E-state index in [1.165, 1.54) is 0 Å². The third-order valence-corrected chi connectivity index (χ3v) is 5.10. The molecule has 120 valence electrons. The van der Waals surface area contributed by atoms with E-state index >= 15 is 0 Å². The van der Waals surface area contributed by atoms with Crippen LogP contribution in [0.25, 0.3) is 11.5 Å². The van der Waals surface area contributed by atoms with Crippen LogP contribution in [0.4, 0.5) is 0 Å². The molecule has 6 heteroatoms. The molecule has 0 aromatic carbocycles. The van der Waals surface area contributed by atoms with Crippen LogP contribution in [0.1, 0.15) is 23.4 Å². The summed E-state index contributed by atoms with van der Waals surface area (Å²) in [4.78, 5) is 19.1. The number of rotatable bonds is 3. The normalized spacial score (nSPS) is 26.2. The van der Waals surface area contributed by atoms with Gasteiger partial charge in [-0.05, 0) is 56.1 Å². The molecule has 23 heavy (non-hydrogen) atoms. The molecule has 5 rings (SSSR count). The number of nitrogens with zero attached hydrogens (tertiary/aromatic N) is 2. The molecule has 2 bridgehead atoms. The third kappa shape index (κ3) is 2.86. The monoisotopic (exact) mass is 331 g/mol. The van der Waals surface area contributed by atoms with Gasteiger partial charge in [0.25, 0.3) is 5.91 Å². The van der Waals surface area contributed by atoms with Crippen LogP contribution < -0.4 is 5.32 Å². The Kier molecular flexibility index (Phi) is 3.83. The zero-order chi connectivity index (χ0) is 15.8. The maximum absolute atomic E-state index is 12.4. The molecule has 2 aromatic heterocycles. The molecule has 5 heterocycles. The van der Waals surface area contributed by atoms with Crippen LogP contribution in [0.15, 0.2) is 34.9 Å². The lowest BCUT2D eigenvalue weighted by molar-refractivity contribution is 0.0606. The van der Waals surface area contributed by atoms with Crippen molar-refractivity contribution in [3.63, 3.8) is 0 Å². The minimum Gasteiger partial charge on any atom is -0.449 e. The Balaban J connectivity index is 1.48. The molecule has 0 saturated carbocycles. The van der Waals surface area contributed by atoms with Crippen molar-refractivity contribution < 1.29 is 9.21 Å². The van der Waals surface area contributed by atoms with Gasteiger partial charge >= 0.3 is 0 Å². The first-order valence-electron chi connectivity index (χ1n) is 7.94. The number of halogens is 1. The lowest BCUT2D eigenvalue weighted by Crippen LogP contribution is -2.57. The van der Waals surface area contributed by atoms with Crippen LogP contribution in [-0.4, -0.2) is 41.5 Å². The van der Waals surface area contributed by atoms with Crippen molar-refractivity contribution >= 4 is 17.5 Å². The van der Waals surface area contributed by atoms with Gasteiger partial charge in [-0.15, -0.1) is 0 Å². The Morgan fingerprint density at radius 2 is 2.13 bits per heavy atom. The third-order valence-electron chi connectivity index (χ3n) is 4.79. The molecule has 3 aliphatic rings. The van der Waals surface area contributed by atoms with E-state index in [0.29, 0.717) is 28.2 Å². The molecule has 3 aliphatic heterocycles. The highest BCUT2D eigenvalue weighted by molar-refractivity contribution is 6.32. The number of furan rings is 1. The average Bonchev–Trinajstić information content (AvgIpc) is 3.06. The molecule has 1 amide bonds. The van der Waals surface area contributed by atoms with Crippen molar-refractivity contribution in [2.75, 3.05) is 19.6 Å². The number of hydrogen-bond donors (Lipinski definition) is 1. The zero-order valence-electron chi connectivity index (χ0n) is 12.7. The number of pyridine rings is 1. The Bertz CT molecular complexity index is 722. The highest BCUT2D eigenvalue weighted by Crippen LogP contribution is 2.29. The molecular formula is C17H18ClN3O2. The van der Waals surface area contributed by atoms with Crippen molar-refractivity contribution in [2.45, 2.75) is 18.9 Å². The van der Waals surface area contributed by atoms with Gasteiger partial charge in [0.1, 0.15) is 5.69 Å². The fourth-order valence-electron chi connectivity index (χ4n) is 3.52. The number of aromatic nitrogens is 1. The molecule has 5 nitrogen and oxygen atoms in total. The highest BCUT2D eigenvalue weighted by Gasteiger charge is 2.35. The number of piperidine rings is 3. The maximum atomic E-state index is 12.4. The predicted molar refractivity (Wildman–Crippen MR) is 87.4 cm³/mol. The molecule has 2 aromatic rings. The van der Waals surface area contributed by atoms with Gasteiger partial charge in [-0.2, -0.15) is 0 Å². The minimum atomic E-state index is -0.165. The van der Waals surface area contributed by atoms with Gasteiger partial charge in [0.2, 0.25) is 0 Å². The summed E-state index contributed by atoms with van der Waals surface area (Å²) in [5.74, 6) is 1.23. The second-order valence-electron chi connectivity index (χ2n) is 6.22. The van der Waals surface area contributed by atoms with Crippen LogP contribution in [-0.2, 0) is 0 Å². The second kappa shape index (κ2) is 5.98. The standard InChI is InChI=1S/C17H18ClN3O2/c18-12-2-1-7-19-16(12)14-3-4-15(23-14)17(22)20-13-10-21-8-5-11(13)6-9-21/h1-4,7,11,13H,5-6,8-10H2,(H,20,22). The van der Waals surface area contributed by atoms with Gasteiger partial charge in [0.05, 0.1) is 5.02 Å². The number of carbonyl (C=O) groups excluding carboxylic acids is 1. The fraction of sp³-hybridized carbons (Fsp3) is 0.412. The summed E-state index contributed by atoms with van der Waals surface area (Å²) in [7, 11) is 0. The number of carbonyl (C=O) groups is 1. The summed E-state index contributed by atoms with van der Waals surface area (Å²) in [5.41, 5.74) is 0.552. The first kappa shape index (κ1) is 14.7. The van der Waals surface area contributed by atoms with Crippen LogP contribution in [0.2, 0.25) is 5.02 Å². The lowest BCUT2D eigenvalue weighted by atomic mass is 9.84. The average molecular weight is 332 g/mol. The van der Waals surface area contributed by atoms with E-state index in [1.807, 2.05) is 0 Å². The summed E-state index contributed by atoms with van der Waals surface area (Å²) < 4.78 is 5.66. The van der Waals surface area contributed by atoms with Crippen LogP contribution in [0.5, 0.6) is 0 Å².